The van der Waals surface area contributed by atoms with Crippen molar-refractivity contribution in [3.63, 3.8) is 0 Å². The fraction of sp³-hybridized carbons (Fsp3) is 0.833. The van der Waals surface area contributed by atoms with Crippen LogP contribution in [-0.4, -0.2) is 41.1 Å². The van der Waals surface area contributed by atoms with Crippen LogP contribution < -0.4 is 5.32 Å². The minimum Gasteiger partial charge on any atom is -0.465 e. The van der Waals surface area contributed by atoms with Crippen LogP contribution in [0.2, 0.25) is 0 Å². The van der Waals surface area contributed by atoms with Crippen LogP contribution in [0.1, 0.15) is 38.5 Å². The highest BCUT2D eigenvalue weighted by Gasteiger charge is 2.28. The van der Waals surface area contributed by atoms with Gasteiger partial charge in [0.2, 0.25) is 5.91 Å². The van der Waals surface area contributed by atoms with Gasteiger partial charge in [0.05, 0.1) is 0 Å². The molecule has 2 fully saturated rings. The molecule has 2 rings (SSSR count). The molecule has 2 aliphatic rings. The van der Waals surface area contributed by atoms with E-state index < -0.39 is 6.09 Å². The number of rotatable bonds is 2. The molecule has 0 spiro atoms. The molecule has 0 aromatic rings. The van der Waals surface area contributed by atoms with Gasteiger partial charge in [0.25, 0.3) is 0 Å². The summed E-state index contributed by atoms with van der Waals surface area (Å²) >= 11 is 0. The smallest absolute Gasteiger partial charge is 0.407 e. The molecule has 0 aromatic carbocycles. The Kier molecular flexibility index (Phi) is 3.86. The molecule has 5 nitrogen and oxygen atoms in total. The van der Waals surface area contributed by atoms with Crippen molar-refractivity contribution in [3.8, 4) is 0 Å². The Bertz CT molecular complexity index is 292. The number of amides is 2. The summed E-state index contributed by atoms with van der Waals surface area (Å²) in [5.41, 5.74) is 0. The van der Waals surface area contributed by atoms with Gasteiger partial charge in [-0.2, -0.15) is 0 Å². The first kappa shape index (κ1) is 12.2. The van der Waals surface area contributed by atoms with Gasteiger partial charge < -0.3 is 15.3 Å². The maximum atomic E-state index is 12.0. The average Bonchev–Trinajstić information content (AvgIpc) is 2.82. The lowest BCUT2D eigenvalue weighted by atomic mass is 9.96. The van der Waals surface area contributed by atoms with E-state index in [4.69, 9.17) is 5.11 Å². The van der Waals surface area contributed by atoms with E-state index in [1.54, 1.807) is 0 Å². The molecule has 0 bridgehead atoms. The van der Waals surface area contributed by atoms with Crippen molar-refractivity contribution < 1.29 is 14.7 Å². The lowest BCUT2D eigenvalue weighted by Gasteiger charge is -2.29. The van der Waals surface area contributed by atoms with Crippen molar-refractivity contribution in [3.05, 3.63) is 0 Å². The molecule has 1 aliphatic carbocycles. The van der Waals surface area contributed by atoms with Gasteiger partial charge in [-0.3, -0.25) is 4.79 Å². The largest absolute Gasteiger partial charge is 0.465 e. The number of likely N-dealkylation sites (tertiary alicyclic amines) is 1. The first-order valence-electron chi connectivity index (χ1n) is 6.45. The summed E-state index contributed by atoms with van der Waals surface area (Å²) in [7, 11) is 0. The van der Waals surface area contributed by atoms with Crippen LogP contribution in [0.25, 0.3) is 0 Å². The topological polar surface area (TPSA) is 69.6 Å². The third-order valence-corrected chi connectivity index (χ3v) is 3.84. The van der Waals surface area contributed by atoms with Crippen molar-refractivity contribution in [2.45, 2.75) is 44.6 Å². The Labute approximate surface area is 101 Å². The number of carboxylic acid groups (broad SMARTS) is 1. The number of carbonyl (C=O) groups is 2. The summed E-state index contributed by atoms with van der Waals surface area (Å²) in [4.78, 5) is 24.1. The number of piperidine rings is 1. The predicted molar refractivity (Wildman–Crippen MR) is 62.7 cm³/mol. The molecule has 0 radical (unpaired) electrons. The molecular weight excluding hydrogens is 220 g/mol. The molecule has 0 atom stereocenters. The number of carbonyl (C=O) groups excluding carboxylic acids is 1. The normalized spacial score (nSPS) is 22.7. The minimum atomic E-state index is -0.875. The summed E-state index contributed by atoms with van der Waals surface area (Å²) in [6.07, 6.45) is 5.06. The number of hydrogen-bond acceptors (Lipinski definition) is 2. The van der Waals surface area contributed by atoms with Crippen LogP contribution in [0.4, 0.5) is 4.79 Å². The first-order valence-corrected chi connectivity index (χ1v) is 6.45. The fourth-order valence-corrected chi connectivity index (χ4v) is 2.72. The van der Waals surface area contributed by atoms with Crippen molar-refractivity contribution >= 4 is 12.0 Å². The molecule has 17 heavy (non-hydrogen) atoms. The molecule has 1 heterocycles. The van der Waals surface area contributed by atoms with Gasteiger partial charge in [-0.25, -0.2) is 4.79 Å². The summed E-state index contributed by atoms with van der Waals surface area (Å²) in [6, 6.07) is 0.361. The van der Waals surface area contributed by atoms with Crippen LogP contribution >= 0.6 is 0 Å². The molecule has 0 unspecified atom stereocenters. The summed E-state index contributed by atoms with van der Waals surface area (Å²) in [5, 5.41) is 11.9. The number of nitrogens with zero attached hydrogens (tertiary/aromatic N) is 1. The third kappa shape index (κ3) is 3.11. The molecule has 2 N–H and O–H groups in total. The monoisotopic (exact) mass is 240 g/mol. The molecule has 1 aliphatic heterocycles. The average molecular weight is 240 g/mol. The molecule has 2 amide bonds. The summed E-state index contributed by atoms with van der Waals surface area (Å²) in [6.45, 7) is 0.968. The maximum Gasteiger partial charge on any atom is 0.407 e. The standard InChI is InChI=1S/C12H20N2O3/c15-11(13-10-3-1-2-4-10)9-5-7-14(8-6-9)12(16)17/h9-10H,1-8H2,(H,13,15)(H,16,17). The summed E-state index contributed by atoms with van der Waals surface area (Å²) in [5.74, 6) is 0.133. The second-order valence-corrected chi connectivity index (χ2v) is 5.03. The highest BCUT2D eigenvalue weighted by Crippen LogP contribution is 2.21. The van der Waals surface area contributed by atoms with E-state index in [0.717, 1.165) is 12.8 Å². The van der Waals surface area contributed by atoms with Crippen molar-refractivity contribution in [1.82, 2.24) is 10.2 Å². The van der Waals surface area contributed by atoms with Crippen molar-refractivity contribution in [1.29, 1.82) is 0 Å². The van der Waals surface area contributed by atoms with Gasteiger partial charge in [-0.15, -0.1) is 0 Å². The van der Waals surface area contributed by atoms with Gasteiger partial charge in [-0.05, 0) is 25.7 Å². The van der Waals surface area contributed by atoms with E-state index in [0.29, 0.717) is 32.0 Å². The number of hydrogen-bond donors (Lipinski definition) is 2. The van der Waals surface area contributed by atoms with E-state index in [1.807, 2.05) is 0 Å². The summed E-state index contributed by atoms with van der Waals surface area (Å²) < 4.78 is 0. The van der Waals surface area contributed by atoms with Gasteiger partial charge >= 0.3 is 6.09 Å². The Hall–Kier alpha value is -1.26. The van der Waals surface area contributed by atoms with Gasteiger partial charge in [-0.1, -0.05) is 12.8 Å². The second kappa shape index (κ2) is 5.38. The zero-order valence-electron chi connectivity index (χ0n) is 10.0. The zero-order chi connectivity index (χ0) is 12.3. The van der Waals surface area contributed by atoms with E-state index >= 15 is 0 Å². The maximum absolute atomic E-state index is 12.0. The molecule has 96 valence electrons. The van der Waals surface area contributed by atoms with Gasteiger partial charge in [0.15, 0.2) is 0 Å². The lowest BCUT2D eigenvalue weighted by Crippen LogP contribution is -2.44. The van der Waals surface area contributed by atoms with E-state index in [9.17, 15) is 9.59 Å². The highest BCUT2D eigenvalue weighted by atomic mass is 16.4. The Morgan fingerprint density at radius 1 is 1.06 bits per heavy atom. The predicted octanol–water partition coefficient (Wildman–Crippen LogP) is 1.44. The third-order valence-electron chi connectivity index (χ3n) is 3.84. The zero-order valence-corrected chi connectivity index (χ0v) is 10.0. The Morgan fingerprint density at radius 2 is 1.65 bits per heavy atom. The van der Waals surface area contributed by atoms with Gasteiger partial charge in [0, 0.05) is 25.0 Å². The van der Waals surface area contributed by atoms with Gasteiger partial charge in [0.1, 0.15) is 0 Å². The SMILES string of the molecule is O=C(NC1CCCC1)C1CCN(C(=O)O)CC1. The van der Waals surface area contributed by atoms with Crippen molar-refractivity contribution in [2.24, 2.45) is 5.92 Å². The van der Waals surface area contributed by atoms with Crippen molar-refractivity contribution in [2.75, 3.05) is 13.1 Å². The molecular formula is C12H20N2O3. The Morgan fingerprint density at radius 3 is 2.18 bits per heavy atom. The van der Waals surface area contributed by atoms with Crippen LogP contribution in [-0.2, 0) is 4.79 Å². The van der Waals surface area contributed by atoms with E-state index in [1.165, 1.54) is 17.7 Å². The number of nitrogens with one attached hydrogen (secondary N) is 1. The van der Waals surface area contributed by atoms with Crippen LogP contribution in [0.5, 0.6) is 0 Å². The fourth-order valence-electron chi connectivity index (χ4n) is 2.72. The lowest BCUT2D eigenvalue weighted by molar-refractivity contribution is -0.127. The van der Waals surface area contributed by atoms with Crippen LogP contribution in [0.3, 0.4) is 0 Å². The quantitative estimate of drug-likeness (QED) is 0.767. The molecule has 5 heteroatoms. The van der Waals surface area contributed by atoms with Crippen LogP contribution in [0, 0.1) is 5.92 Å². The Balaban J connectivity index is 1.75. The highest BCUT2D eigenvalue weighted by molar-refractivity contribution is 5.79. The second-order valence-electron chi connectivity index (χ2n) is 5.03. The first-order chi connectivity index (χ1) is 8.16. The molecule has 0 aromatic heterocycles. The minimum absolute atomic E-state index is 0.00574. The molecule has 1 saturated carbocycles. The van der Waals surface area contributed by atoms with Crippen LogP contribution in [0.15, 0.2) is 0 Å². The van der Waals surface area contributed by atoms with E-state index in [2.05, 4.69) is 5.32 Å². The van der Waals surface area contributed by atoms with E-state index in [-0.39, 0.29) is 11.8 Å². The molecule has 1 saturated heterocycles.